The molecule has 0 fully saturated rings. The minimum Gasteiger partial charge on any atom is -0.508 e. The summed E-state index contributed by atoms with van der Waals surface area (Å²) < 4.78 is 4.14. The van der Waals surface area contributed by atoms with Crippen LogP contribution in [-0.4, -0.2) is 9.48 Å². The van der Waals surface area contributed by atoms with Crippen molar-refractivity contribution in [3.8, 4) is 5.75 Å². The van der Waals surface area contributed by atoms with Crippen molar-refractivity contribution in [1.82, 2.24) is 4.37 Å². The summed E-state index contributed by atoms with van der Waals surface area (Å²) in [6, 6.07) is 5.28. The van der Waals surface area contributed by atoms with Crippen LogP contribution in [0.15, 0.2) is 18.2 Å². The number of benzene rings is 1. The number of hydrogen-bond acceptors (Lipinski definition) is 2. The lowest BCUT2D eigenvalue weighted by Gasteiger charge is -1.99. The largest absolute Gasteiger partial charge is 0.508 e. The van der Waals surface area contributed by atoms with Gasteiger partial charge in [-0.3, -0.25) is 0 Å². The molecule has 0 spiro atoms. The summed E-state index contributed by atoms with van der Waals surface area (Å²) in [5.41, 5.74) is 1.11. The average molecular weight is 139 g/mol. The number of aromatic hydroxyl groups is 1. The van der Waals surface area contributed by atoms with Gasteiger partial charge in [0.05, 0.1) is 10.2 Å². The van der Waals surface area contributed by atoms with Crippen LogP contribution in [0.5, 0.6) is 5.75 Å². The predicted molar refractivity (Wildman–Crippen MR) is 37.8 cm³/mol. The molecule has 0 unspecified atom stereocenters. The van der Waals surface area contributed by atoms with Crippen molar-refractivity contribution in [3.63, 3.8) is 0 Å². The first kappa shape index (κ1) is 4.88. The normalized spacial score (nSPS) is 10.7. The van der Waals surface area contributed by atoms with E-state index in [1.165, 1.54) is 11.5 Å². The second-order valence-corrected chi connectivity index (χ2v) is 2.73. The Balaban J connectivity index is 2.78. The number of rotatable bonds is 0. The summed E-state index contributed by atoms with van der Waals surface area (Å²) in [5, 5.41) is 8.93. The summed E-state index contributed by atoms with van der Waals surface area (Å²) in [4.78, 5) is 0. The van der Waals surface area contributed by atoms with Gasteiger partial charge in [0.25, 0.3) is 0 Å². The number of H-pyrrole nitrogens is 1. The molecule has 0 saturated heterocycles. The van der Waals surface area contributed by atoms with Crippen LogP contribution in [0.2, 0.25) is 0 Å². The molecule has 46 valence electrons. The zero-order valence-corrected chi connectivity index (χ0v) is 5.40. The smallest absolute Gasteiger partial charge is 0.117 e. The van der Waals surface area contributed by atoms with E-state index in [0.717, 1.165) is 10.2 Å². The minimum absolute atomic E-state index is 0.336. The van der Waals surface area contributed by atoms with E-state index in [-0.39, 0.29) is 0 Å². The number of phenols is 1. The van der Waals surface area contributed by atoms with E-state index < -0.39 is 0 Å². The molecule has 2 nitrogen and oxygen atoms in total. The molecule has 0 saturated carbocycles. The molecule has 1 aromatic carbocycles. The third kappa shape index (κ3) is 0.616. The summed E-state index contributed by atoms with van der Waals surface area (Å²) in [6.45, 7) is 0. The van der Waals surface area contributed by atoms with Crippen molar-refractivity contribution >= 4 is 21.7 Å². The number of aromatic amines is 1. The lowest BCUT2D eigenvalue weighted by Crippen LogP contribution is -1.75. The van der Waals surface area contributed by atoms with Crippen LogP contribution in [0.25, 0.3) is 10.2 Å². The van der Waals surface area contributed by atoms with Crippen LogP contribution < -0.4 is 0 Å². The third-order valence-electron chi connectivity index (χ3n) is 1.24. The van der Waals surface area contributed by atoms with E-state index in [1.807, 2.05) is 6.07 Å². The Labute approximate surface area is 55.9 Å². The molecule has 1 aromatic heterocycles. The zero-order chi connectivity index (χ0) is 6.27. The van der Waals surface area contributed by atoms with E-state index in [0.29, 0.717) is 5.75 Å². The van der Waals surface area contributed by atoms with Crippen LogP contribution >= 0.6 is 11.5 Å². The molecule has 2 rings (SSSR count). The molecule has 1 heterocycles. The van der Waals surface area contributed by atoms with Gasteiger partial charge in [-0.05, 0) is 12.1 Å². The number of aromatic nitrogens is 1. The van der Waals surface area contributed by atoms with Crippen LogP contribution in [0.1, 0.15) is 0 Å². The Morgan fingerprint density at radius 3 is 2.78 bits per heavy atom. The van der Waals surface area contributed by atoms with Gasteiger partial charge in [-0.2, -0.15) is 0 Å². The average Bonchev–Trinajstić information content (AvgIpc) is 1.78. The quantitative estimate of drug-likeness (QED) is 0.574. The van der Waals surface area contributed by atoms with Crippen LogP contribution in [0.3, 0.4) is 0 Å². The van der Waals surface area contributed by atoms with E-state index in [1.54, 1.807) is 12.1 Å². The Hall–Kier alpha value is -0.960. The predicted octanol–water partition coefficient (Wildman–Crippen LogP) is 1.94. The SMILES string of the molecule is Oc1ccc2[nH]sc2c1. The van der Waals surface area contributed by atoms with Crippen LogP contribution in [-0.2, 0) is 0 Å². The monoisotopic (exact) mass is 139 g/mol. The molecule has 9 heavy (non-hydrogen) atoms. The Morgan fingerprint density at radius 1 is 1.44 bits per heavy atom. The van der Waals surface area contributed by atoms with Gasteiger partial charge < -0.3 is 9.48 Å². The van der Waals surface area contributed by atoms with Crippen molar-refractivity contribution in [1.29, 1.82) is 0 Å². The van der Waals surface area contributed by atoms with Gasteiger partial charge in [-0.1, -0.05) is 11.5 Å². The lowest BCUT2D eigenvalue weighted by atomic mass is 10.3. The van der Waals surface area contributed by atoms with Crippen LogP contribution in [0.4, 0.5) is 0 Å². The highest BCUT2D eigenvalue weighted by atomic mass is 32.1. The molecule has 2 N–H and O–H groups in total. The highest BCUT2D eigenvalue weighted by molar-refractivity contribution is 7.15. The maximum Gasteiger partial charge on any atom is 0.117 e. The lowest BCUT2D eigenvalue weighted by molar-refractivity contribution is 0.476. The van der Waals surface area contributed by atoms with E-state index in [2.05, 4.69) is 4.37 Å². The summed E-state index contributed by atoms with van der Waals surface area (Å²) in [7, 11) is 0. The Kier molecular flexibility index (Phi) is 0.818. The van der Waals surface area contributed by atoms with Crippen LogP contribution in [0, 0.1) is 0 Å². The highest BCUT2D eigenvalue weighted by Gasteiger charge is 1.96. The second-order valence-electron chi connectivity index (χ2n) is 1.88. The number of hydrogen-bond donors (Lipinski definition) is 2. The molecule has 0 amide bonds. The Bertz CT molecular complexity index is 322. The fourth-order valence-corrected chi connectivity index (χ4v) is 1.40. The fraction of sp³-hybridized carbons (Fsp3) is 0. The molecular formula is C6H5NOS. The fourth-order valence-electron chi connectivity index (χ4n) is 0.743. The van der Waals surface area contributed by atoms with Crippen molar-refractivity contribution in [2.45, 2.75) is 0 Å². The number of nitrogens with one attached hydrogen (secondary N) is 1. The summed E-state index contributed by atoms with van der Waals surface area (Å²) in [5.74, 6) is 0.336. The van der Waals surface area contributed by atoms with Crippen molar-refractivity contribution in [3.05, 3.63) is 18.2 Å². The van der Waals surface area contributed by atoms with Gasteiger partial charge in [-0.25, -0.2) is 0 Å². The molecule has 0 bridgehead atoms. The first-order chi connectivity index (χ1) is 4.36. The molecule has 2 aromatic rings. The van der Waals surface area contributed by atoms with Gasteiger partial charge in [0.1, 0.15) is 5.75 Å². The second kappa shape index (κ2) is 1.51. The van der Waals surface area contributed by atoms with Crippen molar-refractivity contribution in [2.75, 3.05) is 0 Å². The van der Waals surface area contributed by atoms with Gasteiger partial charge in [0.2, 0.25) is 0 Å². The van der Waals surface area contributed by atoms with E-state index in [4.69, 9.17) is 5.11 Å². The van der Waals surface area contributed by atoms with Crippen molar-refractivity contribution in [2.24, 2.45) is 0 Å². The first-order valence-corrected chi connectivity index (χ1v) is 3.44. The van der Waals surface area contributed by atoms with E-state index >= 15 is 0 Å². The maximum absolute atomic E-state index is 8.93. The van der Waals surface area contributed by atoms with Gasteiger partial charge in [0, 0.05) is 6.07 Å². The topological polar surface area (TPSA) is 36.0 Å². The summed E-state index contributed by atoms with van der Waals surface area (Å²) >= 11 is 1.53. The summed E-state index contributed by atoms with van der Waals surface area (Å²) in [6.07, 6.45) is 0. The number of fused-ring (bicyclic) bond motifs is 1. The standard InChI is InChI=1S/C6H5NOS/c8-4-1-2-5-6(3-4)9-7-5/h1-3,7-8H. The van der Waals surface area contributed by atoms with Gasteiger partial charge in [0.15, 0.2) is 0 Å². The molecule has 0 atom stereocenters. The third-order valence-corrected chi connectivity index (χ3v) is 2.12. The Morgan fingerprint density at radius 2 is 2.33 bits per heavy atom. The maximum atomic E-state index is 8.93. The highest BCUT2D eigenvalue weighted by Crippen LogP contribution is 2.23. The molecular weight excluding hydrogens is 134 g/mol. The molecule has 3 heteroatoms. The van der Waals surface area contributed by atoms with E-state index in [9.17, 15) is 0 Å². The first-order valence-electron chi connectivity index (χ1n) is 2.62. The van der Waals surface area contributed by atoms with Gasteiger partial charge in [-0.15, -0.1) is 0 Å². The minimum atomic E-state index is 0.336. The molecule has 0 radical (unpaired) electrons. The number of phenolic OH excluding ortho intramolecular Hbond substituents is 1. The molecule has 0 aliphatic heterocycles. The molecule has 0 aliphatic carbocycles. The molecule has 0 aliphatic rings. The van der Waals surface area contributed by atoms with Crippen molar-refractivity contribution < 1.29 is 5.11 Å². The zero-order valence-electron chi connectivity index (χ0n) is 4.59. The van der Waals surface area contributed by atoms with Gasteiger partial charge >= 0.3 is 0 Å².